The lowest BCUT2D eigenvalue weighted by Crippen LogP contribution is -2.16. The molecule has 3 aromatic carbocycles. The maximum absolute atomic E-state index is 13.1. The molecule has 0 aliphatic rings. The fraction of sp³-hybridized carbons (Fsp3) is 0.250. The van der Waals surface area contributed by atoms with Crippen molar-refractivity contribution in [3.8, 4) is 5.75 Å². The second kappa shape index (κ2) is 9.25. The third-order valence-corrected chi connectivity index (χ3v) is 6.96. The third-order valence-electron chi connectivity index (χ3n) is 5.04. The predicted octanol–water partition coefficient (Wildman–Crippen LogP) is 4.48. The molecular formula is C24H27NO3S. The lowest BCUT2D eigenvalue weighted by atomic mass is 10.1. The SMILES string of the molecule is COc1c(C)ccc(S(=O)(=O)c2ccc(CCNCc3ccccc3)cc2)c1C. The van der Waals surface area contributed by atoms with E-state index in [1.54, 1.807) is 38.3 Å². The fourth-order valence-electron chi connectivity index (χ4n) is 3.44. The van der Waals surface area contributed by atoms with Crippen molar-refractivity contribution in [2.45, 2.75) is 36.6 Å². The maximum atomic E-state index is 13.1. The van der Waals surface area contributed by atoms with Crippen LogP contribution in [0.4, 0.5) is 0 Å². The van der Waals surface area contributed by atoms with Crippen LogP contribution in [0.25, 0.3) is 0 Å². The van der Waals surface area contributed by atoms with Gasteiger partial charge < -0.3 is 10.1 Å². The van der Waals surface area contributed by atoms with Gasteiger partial charge >= 0.3 is 0 Å². The Labute approximate surface area is 173 Å². The Balaban J connectivity index is 1.68. The zero-order chi connectivity index (χ0) is 20.9. The first-order valence-electron chi connectivity index (χ1n) is 9.66. The molecule has 0 fully saturated rings. The summed E-state index contributed by atoms with van der Waals surface area (Å²) in [6.07, 6.45) is 0.838. The number of rotatable bonds is 8. The second-order valence-corrected chi connectivity index (χ2v) is 9.02. The molecule has 0 saturated heterocycles. The molecule has 0 aliphatic heterocycles. The van der Waals surface area contributed by atoms with Crippen molar-refractivity contribution < 1.29 is 13.2 Å². The first-order chi connectivity index (χ1) is 13.9. The molecule has 0 radical (unpaired) electrons. The highest BCUT2D eigenvalue weighted by Gasteiger charge is 2.22. The van der Waals surface area contributed by atoms with Gasteiger partial charge in [0.25, 0.3) is 0 Å². The molecule has 5 heteroatoms. The summed E-state index contributed by atoms with van der Waals surface area (Å²) in [6, 6.07) is 20.8. The zero-order valence-corrected chi connectivity index (χ0v) is 17.9. The van der Waals surface area contributed by atoms with Crippen molar-refractivity contribution >= 4 is 9.84 Å². The molecule has 29 heavy (non-hydrogen) atoms. The van der Waals surface area contributed by atoms with E-state index in [0.29, 0.717) is 16.2 Å². The standard InChI is InChI=1S/C24H27NO3S/c1-18-9-14-23(19(2)24(18)28-3)29(26,27)22-12-10-20(11-13-22)15-16-25-17-21-7-5-4-6-8-21/h4-14,25H,15-17H2,1-3H3. The Hall–Kier alpha value is -2.63. The van der Waals surface area contributed by atoms with Crippen molar-refractivity contribution in [1.82, 2.24) is 5.32 Å². The molecule has 0 saturated carbocycles. The number of nitrogens with one attached hydrogen (secondary N) is 1. The van der Waals surface area contributed by atoms with E-state index in [-0.39, 0.29) is 4.90 Å². The molecule has 1 N–H and O–H groups in total. The van der Waals surface area contributed by atoms with Crippen LogP contribution in [-0.4, -0.2) is 22.1 Å². The summed E-state index contributed by atoms with van der Waals surface area (Å²) in [4.78, 5) is 0.588. The number of benzene rings is 3. The monoisotopic (exact) mass is 409 g/mol. The van der Waals surface area contributed by atoms with Gasteiger partial charge in [0.2, 0.25) is 9.84 Å². The van der Waals surface area contributed by atoms with E-state index in [1.807, 2.05) is 37.3 Å². The predicted molar refractivity (Wildman–Crippen MR) is 116 cm³/mol. The highest BCUT2D eigenvalue weighted by molar-refractivity contribution is 7.91. The van der Waals surface area contributed by atoms with Gasteiger partial charge in [-0.1, -0.05) is 48.5 Å². The summed E-state index contributed by atoms with van der Waals surface area (Å²) in [7, 11) is -2.03. The van der Waals surface area contributed by atoms with Gasteiger partial charge in [-0.15, -0.1) is 0 Å². The summed E-state index contributed by atoms with van der Waals surface area (Å²) < 4.78 is 31.6. The van der Waals surface area contributed by atoms with Gasteiger partial charge in [-0.05, 0) is 61.7 Å². The zero-order valence-electron chi connectivity index (χ0n) is 17.1. The number of hydrogen-bond donors (Lipinski definition) is 1. The number of ether oxygens (including phenoxy) is 1. The van der Waals surface area contributed by atoms with E-state index in [4.69, 9.17) is 4.74 Å². The van der Waals surface area contributed by atoms with Crippen LogP contribution in [0.5, 0.6) is 5.75 Å². The van der Waals surface area contributed by atoms with Crippen LogP contribution >= 0.6 is 0 Å². The minimum absolute atomic E-state index is 0.289. The van der Waals surface area contributed by atoms with Gasteiger partial charge in [0.05, 0.1) is 16.9 Å². The topological polar surface area (TPSA) is 55.4 Å². The second-order valence-electron chi connectivity index (χ2n) is 7.10. The van der Waals surface area contributed by atoms with Crippen LogP contribution in [0, 0.1) is 13.8 Å². The molecule has 3 rings (SSSR count). The van der Waals surface area contributed by atoms with Crippen LogP contribution in [0.15, 0.2) is 76.5 Å². The highest BCUT2D eigenvalue weighted by Crippen LogP contribution is 2.32. The van der Waals surface area contributed by atoms with Crippen LogP contribution in [-0.2, 0) is 22.8 Å². The molecule has 0 aromatic heterocycles. The Kier molecular flexibility index (Phi) is 6.72. The molecule has 152 valence electrons. The number of aryl methyl sites for hydroxylation is 1. The van der Waals surface area contributed by atoms with Gasteiger partial charge in [0.15, 0.2) is 0 Å². The molecule has 0 bridgehead atoms. The van der Waals surface area contributed by atoms with E-state index >= 15 is 0 Å². The average molecular weight is 410 g/mol. The van der Waals surface area contributed by atoms with Crippen molar-refractivity contribution in [3.05, 3.63) is 89.0 Å². The normalized spacial score (nSPS) is 11.4. The molecule has 0 aliphatic carbocycles. The summed E-state index contributed by atoms with van der Waals surface area (Å²) in [5, 5.41) is 3.41. The van der Waals surface area contributed by atoms with Crippen LogP contribution in [0.2, 0.25) is 0 Å². The number of sulfone groups is 1. The fourth-order valence-corrected chi connectivity index (χ4v) is 4.93. The van der Waals surface area contributed by atoms with Crippen molar-refractivity contribution in [2.24, 2.45) is 0 Å². The van der Waals surface area contributed by atoms with E-state index in [1.165, 1.54) is 5.56 Å². The minimum atomic E-state index is -3.59. The maximum Gasteiger partial charge on any atom is 0.206 e. The third kappa shape index (κ3) is 4.86. The van der Waals surface area contributed by atoms with Gasteiger partial charge in [0.1, 0.15) is 5.75 Å². The van der Waals surface area contributed by atoms with Crippen molar-refractivity contribution in [1.29, 1.82) is 0 Å². The minimum Gasteiger partial charge on any atom is -0.496 e. The Morgan fingerprint density at radius 2 is 1.55 bits per heavy atom. The molecule has 0 spiro atoms. The van der Waals surface area contributed by atoms with Crippen LogP contribution < -0.4 is 10.1 Å². The quantitative estimate of drug-likeness (QED) is 0.558. The lowest BCUT2D eigenvalue weighted by Gasteiger charge is -2.14. The van der Waals surface area contributed by atoms with E-state index in [9.17, 15) is 8.42 Å². The molecule has 0 heterocycles. The van der Waals surface area contributed by atoms with E-state index in [0.717, 1.165) is 30.6 Å². The Bertz CT molecular complexity index is 1060. The van der Waals surface area contributed by atoms with Gasteiger partial charge in [-0.3, -0.25) is 0 Å². The first-order valence-corrected chi connectivity index (χ1v) is 11.1. The summed E-state index contributed by atoms with van der Waals surface area (Å²) in [6.45, 7) is 5.34. The largest absolute Gasteiger partial charge is 0.496 e. The molecule has 0 amide bonds. The van der Waals surface area contributed by atoms with Gasteiger partial charge in [-0.25, -0.2) is 8.42 Å². The van der Waals surface area contributed by atoms with Crippen LogP contribution in [0.1, 0.15) is 22.3 Å². The summed E-state index contributed by atoms with van der Waals surface area (Å²) in [5.74, 6) is 0.618. The van der Waals surface area contributed by atoms with E-state index in [2.05, 4.69) is 17.4 Å². The van der Waals surface area contributed by atoms with Crippen molar-refractivity contribution in [2.75, 3.05) is 13.7 Å². The van der Waals surface area contributed by atoms with Gasteiger partial charge in [0, 0.05) is 12.1 Å². The lowest BCUT2D eigenvalue weighted by molar-refractivity contribution is 0.407. The Morgan fingerprint density at radius 1 is 0.862 bits per heavy atom. The molecule has 0 atom stereocenters. The first kappa shape index (κ1) is 21.1. The van der Waals surface area contributed by atoms with E-state index < -0.39 is 9.84 Å². The summed E-state index contributed by atoms with van der Waals surface area (Å²) in [5.41, 5.74) is 3.91. The van der Waals surface area contributed by atoms with Crippen molar-refractivity contribution in [3.63, 3.8) is 0 Å². The molecule has 3 aromatic rings. The Morgan fingerprint density at radius 3 is 2.21 bits per heavy atom. The molecule has 0 unspecified atom stereocenters. The number of methoxy groups -OCH3 is 1. The van der Waals surface area contributed by atoms with Gasteiger partial charge in [-0.2, -0.15) is 0 Å². The molecular weight excluding hydrogens is 382 g/mol. The summed E-state index contributed by atoms with van der Waals surface area (Å²) >= 11 is 0. The number of hydrogen-bond acceptors (Lipinski definition) is 4. The average Bonchev–Trinajstić information content (AvgIpc) is 2.72. The van der Waals surface area contributed by atoms with Crippen LogP contribution in [0.3, 0.4) is 0 Å². The highest BCUT2D eigenvalue weighted by atomic mass is 32.2. The molecule has 4 nitrogen and oxygen atoms in total. The smallest absolute Gasteiger partial charge is 0.206 e.